The molecule has 1 N–H and O–H groups in total. The maximum absolute atomic E-state index is 11.3. The van der Waals surface area contributed by atoms with Crippen LogP contribution < -0.4 is 5.32 Å². The highest BCUT2D eigenvalue weighted by Gasteiger charge is 2.08. The highest BCUT2D eigenvalue weighted by molar-refractivity contribution is 9.10. The predicted octanol–water partition coefficient (Wildman–Crippen LogP) is 5.15. The van der Waals surface area contributed by atoms with E-state index in [1.807, 2.05) is 12.1 Å². The molecule has 2 rings (SSSR count). The zero-order valence-corrected chi connectivity index (χ0v) is 14.2. The van der Waals surface area contributed by atoms with Gasteiger partial charge in [-0.3, -0.25) is 0 Å². The second-order valence-corrected chi connectivity index (χ2v) is 6.02. The first kappa shape index (κ1) is 16.1. The monoisotopic (exact) mass is 387 g/mol. The number of carbonyl (C=O) groups is 1. The second kappa shape index (κ2) is 7.16. The van der Waals surface area contributed by atoms with Crippen LogP contribution in [0.15, 0.2) is 40.9 Å². The third kappa shape index (κ3) is 4.13. The number of hydrogen-bond donors (Lipinski definition) is 1. The van der Waals surface area contributed by atoms with Crippen LogP contribution in [0.4, 0.5) is 5.69 Å². The summed E-state index contributed by atoms with van der Waals surface area (Å²) in [6.45, 7) is 0.544. The van der Waals surface area contributed by atoms with Gasteiger partial charge in [-0.1, -0.05) is 51.3 Å². The van der Waals surface area contributed by atoms with Gasteiger partial charge in [-0.2, -0.15) is 0 Å². The van der Waals surface area contributed by atoms with Gasteiger partial charge < -0.3 is 10.1 Å². The Balaban J connectivity index is 2.08. The Kier molecular flexibility index (Phi) is 5.51. The molecule has 0 aliphatic heterocycles. The Labute approximate surface area is 141 Å². The molecule has 0 radical (unpaired) electrons. The van der Waals surface area contributed by atoms with E-state index in [9.17, 15) is 4.79 Å². The molecule has 0 saturated heterocycles. The molecule has 0 unspecified atom stereocenters. The number of nitrogens with one attached hydrogen (secondary N) is 1. The third-order valence-electron chi connectivity index (χ3n) is 2.85. The van der Waals surface area contributed by atoms with Crippen molar-refractivity contribution in [3.8, 4) is 0 Å². The third-order valence-corrected chi connectivity index (χ3v) is 3.91. The van der Waals surface area contributed by atoms with Crippen LogP contribution in [-0.2, 0) is 11.3 Å². The molecule has 0 aliphatic carbocycles. The lowest BCUT2D eigenvalue weighted by Crippen LogP contribution is -2.03. The van der Waals surface area contributed by atoms with Crippen molar-refractivity contribution in [2.24, 2.45) is 0 Å². The first-order chi connectivity index (χ1) is 10.0. The SMILES string of the molecule is COC(=O)c1ccc(CNc2c(Cl)cc(Br)cc2Cl)cc1. The molecule has 0 heterocycles. The van der Waals surface area contributed by atoms with Crippen LogP contribution in [-0.4, -0.2) is 13.1 Å². The minimum Gasteiger partial charge on any atom is -0.465 e. The smallest absolute Gasteiger partial charge is 0.337 e. The van der Waals surface area contributed by atoms with Crippen molar-refractivity contribution in [2.45, 2.75) is 6.54 Å². The Hall–Kier alpha value is -1.23. The van der Waals surface area contributed by atoms with Crippen molar-refractivity contribution < 1.29 is 9.53 Å². The van der Waals surface area contributed by atoms with E-state index in [-0.39, 0.29) is 5.97 Å². The number of esters is 1. The van der Waals surface area contributed by atoms with Crippen LogP contribution in [0.3, 0.4) is 0 Å². The fraction of sp³-hybridized carbons (Fsp3) is 0.133. The van der Waals surface area contributed by atoms with E-state index < -0.39 is 0 Å². The van der Waals surface area contributed by atoms with Crippen molar-refractivity contribution in [1.29, 1.82) is 0 Å². The first-order valence-corrected chi connectivity index (χ1v) is 7.62. The topological polar surface area (TPSA) is 38.3 Å². The zero-order valence-electron chi connectivity index (χ0n) is 11.1. The highest BCUT2D eigenvalue weighted by atomic mass is 79.9. The average Bonchev–Trinajstić information content (AvgIpc) is 2.46. The van der Waals surface area contributed by atoms with Crippen molar-refractivity contribution >= 4 is 50.8 Å². The summed E-state index contributed by atoms with van der Waals surface area (Å²) in [5, 5.41) is 4.27. The summed E-state index contributed by atoms with van der Waals surface area (Å²) in [4.78, 5) is 11.3. The molecule has 21 heavy (non-hydrogen) atoms. The Morgan fingerprint density at radius 2 is 1.76 bits per heavy atom. The summed E-state index contributed by atoms with van der Waals surface area (Å²) in [5.41, 5.74) is 2.19. The van der Waals surface area contributed by atoms with Crippen LogP contribution in [0, 0.1) is 0 Å². The van der Waals surface area contributed by atoms with Crippen LogP contribution in [0.1, 0.15) is 15.9 Å². The normalized spacial score (nSPS) is 10.3. The number of hydrogen-bond acceptors (Lipinski definition) is 3. The molecule has 0 atom stereocenters. The number of carbonyl (C=O) groups excluding carboxylic acids is 1. The number of ether oxygens (including phenoxy) is 1. The second-order valence-electron chi connectivity index (χ2n) is 4.29. The minimum absolute atomic E-state index is 0.353. The van der Waals surface area contributed by atoms with Gasteiger partial charge in [0.2, 0.25) is 0 Å². The summed E-state index contributed by atoms with van der Waals surface area (Å²) in [6.07, 6.45) is 0. The molecule has 0 spiro atoms. The number of rotatable bonds is 4. The molecule has 110 valence electrons. The van der Waals surface area contributed by atoms with Gasteiger partial charge in [0.15, 0.2) is 0 Å². The minimum atomic E-state index is -0.353. The molecule has 0 saturated carbocycles. The van der Waals surface area contributed by atoms with Crippen LogP contribution >= 0.6 is 39.1 Å². The quantitative estimate of drug-likeness (QED) is 0.735. The summed E-state index contributed by atoms with van der Waals surface area (Å²) < 4.78 is 5.48. The lowest BCUT2D eigenvalue weighted by Gasteiger charge is -2.11. The molecule has 6 heteroatoms. The molecular formula is C15H12BrCl2NO2. The van der Waals surface area contributed by atoms with Crippen molar-refractivity contribution in [2.75, 3.05) is 12.4 Å². The van der Waals surface area contributed by atoms with E-state index in [4.69, 9.17) is 23.2 Å². The number of methoxy groups -OCH3 is 1. The zero-order chi connectivity index (χ0) is 15.4. The van der Waals surface area contributed by atoms with Gasteiger partial charge in [-0.15, -0.1) is 0 Å². The van der Waals surface area contributed by atoms with Crippen molar-refractivity contribution in [3.05, 3.63) is 62.0 Å². The van der Waals surface area contributed by atoms with Gasteiger partial charge >= 0.3 is 5.97 Å². The van der Waals surface area contributed by atoms with Gasteiger partial charge in [-0.25, -0.2) is 4.79 Å². The van der Waals surface area contributed by atoms with E-state index in [2.05, 4.69) is 26.0 Å². The standard InChI is InChI=1S/C15H12BrCl2NO2/c1-21-15(20)10-4-2-9(3-5-10)8-19-14-12(17)6-11(16)7-13(14)18/h2-7,19H,8H2,1H3. The van der Waals surface area contributed by atoms with Gasteiger partial charge in [0.25, 0.3) is 0 Å². The molecular weight excluding hydrogens is 377 g/mol. The van der Waals surface area contributed by atoms with Gasteiger partial charge in [0.05, 0.1) is 28.4 Å². The van der Waals surface area contributed by atoms with Gasteiger partial charge in [0.1, 0.15) is 0 Å². The highest BCUT2D eigenvalue weighted by Crippen LogP contribution is 2.34. The lowest BCUT2D eigenvalue weighted by atomic mass is 10.1. The molecule has 3 nitrogen and oxygen atoms in total. The number of halogens is 3. The molecule has 0 fully saturated rings. The fourth-order valence-electron chi connectivity index (χ4n) is 1.78. The number of benzene rings is 2. The van der Waals surface area contributed by atoms with E-state index in [1.54, 1.807) is 24.3 Å². The Bertz CT molecular complexity index is 636. The number of anilines is 1. The van der Waals surface area contributed by atoms with Crippen LogP contribution in [0.2, 0.25) is 10.0 Å². The Morgan fingerprint density at radius 3 is 2.29 bits per heavy atom. The fourth-order valence-corrected chi connectivity index (χ4v) is 3.12. The average molecular weight is 389 g/mol. The molecule has 0 amide bonds. The van der Waals surface area contributed by atoms with E-state index in [0.717, 1.165) is 10.0 Å². The first-order valence-electron chi connectivity index (χ1n) is 6.07. The summed E-state index contributed by atoms with van der Waals surface area (Å²) in [6, 6.07) is 10.7. The van der Waals surface area contributed by atoms with E-state index in [1.165, 1.54) is 7.11 Å². The molecule has 2 aromatic carbocycles. The summed E-state index contributed by atoms with van der Waals surface area (Å²) >= 11 is 15.6. The molecule has 0 aliphatic rings. The molecule has 0 aromatic heterocycles. The van der Waals surface area contributed by atoms with E-state index in [0.29, 0.717) is 27.8 Å². The van der Waals surface area contributed by atoms with Crippen LogP contribution in [0.25, 0.3) is 0 Å². The van der Waals surface area contributed by atoms with Crippen molar-refractivity contribution in [1.82, 2.24) is 0 Å². The lowest BCUT2D eigenvalue weighted by molar-refractivity contribution is 0.0600. The largest absolute Gasteiger partial charge is 0.465 e. The van der Waals surface area contributed by atoms with Gasteiger partial charge in [0, 0.05) is 11.0 Å². The van der Waals surface area contributed by atoms with Crippen molar-refractivity contribution in [3.63, 3.8) is 0 Å². The molecule has 0 bridgehead atoms. The summed E-state index contributed by atoms with van der Waals surface area (Å²) in [7, 11) is 1.36. The molecule has 2 aromatic rings. The summed E-state index contributed by atoms with van der Waals surface area (Å²) in [5.74, 6) is -0.353. The van der Waals surface area contributed by atoms with Gasteiger partial charge in [-0.05, 0) is 29.8 Å². The maximum atomic E-state index is 11.3. The predicted molar refractivity (Wildman–Crippen MR) is 89.3 cm³/mol. The maximum Gasteiger partial charge on any atom is 0.337 e. The van der Waals surface area contributed by atoms with E-state index >= 15 is 0 Å². The van der Waals surface area contributed by atoms with Crippen LogP contribution in [0.5, 0.6) is 0 Å². The Morgan fingerprint density at radius 1 is 1.19 bits per heavy atom.